The van der Waals surface area contributed by atoms with Crippen molar-refractivity contribution in [3.63, 3.8) is 0 Å². The summed E-state index contributed by atoms with van der Waals surface area (Å²) < 4.78 is 16.2. The molecule has 0 bridgehead atoms. The Bertz CT molecular complexity index is 1540. The molecular formula is C28H23FN4O3. The van der Waals surface area contributed by atoms with Crippen LogP contribution in [0, 0.1) is 26.6 Å². The van der Waals surface area contributed by atoms with Gasteiger partial charge in [-0.2, -0.15) is 9.67 Å². The van der Waals surface area contributed by atoms with Gasteiger partial charge in [-0.1, -0.05) is 30.3 Å². The average molecular weight is 483 g/mol. The molecule has 0 saturated heterocycles. The van der Waals surface area contributed by atoms with Crippen LogP contribution in [-0.4, -0.2) is 26.5 Å². The van der Waals surface area contributed by atoms with Crippen molar-refractivity contribution in [2.45, 2.75) is 27.3 Å². The molecule has 2 aromatic carbocycles. The molecule has 5 rings (SSSR count). The van der Waals surface area contributed by atoms with E-state index in [0.29, 0.717) is 16.9 Å². The standard InChI is InChI=1S/C28H23FN4O3/c1-17-8-7-9-22(18(17)2)33-27(35)23(19(3)30-33)24-25(31-14-5-4-6-15-31)28(36)32(26(24)34)16-20-10-12-21(29)13-11-20/h4-15H,16H2,1-3H3. The summed E-state index contributed by atoms with van der Waals surface area (Å²) in [5.41, 5.74) is 3.59. The molecule has 0 spiro atoms. The van der Waals surface area contributed by atoms with Gasteiger partial charge in [0.05, 0.1) is 17.9 Å². The van der Waals surface area contributed by atoms with Crippen LogP contribution in [0.25, 0.3) is 17.0 Å². The molecule has 180 valence electrons. The number of benzene rings is 2. The van der Waals surface area contributed by atoms with E-state index in [1.165, 1.54) is 33.5 Å². The molecular weight excluding hydrogens is 459 g/mol. The van der Waals surface area contributed by atoms with Crippen molar-refractivity contribution < 1.29 is 23.7 Å². The Morgan fingerprint density at radius 3 is 2.31 bits per heavy atom. The zero-order chi connectivity index (χ0) is 25.6. The Morgan fingerprint density at radius 2 is 1.61 bits per heavy atom. The van der Waals surface area contributed by atoms with Crippen molar-refractivity contribution in [3.8, 4) is 11.6 Å². The fourth-order valence-electron chi connectivity index (χ4n) is 4.41. The Hall–Kier alpha value is -4.59. The maximum Gasteiger partial charge on any atom is 0.327 e. The van der Waals surface area contributed by atoms with Crippen LogP contribution in [0.1, 0.15) is 27.9 Å². The number of hydrogen-bond acceptors (Lipinski definition) is 4. The molecule has 0 fully saturated rings. The number of imide groups is 1. The topological polar surface area (TPSA) is 82.1 Å². The van der Waals surface area contributed by atoms with Crippen LogP contribution in [0.2, 0.25) is 0 Å². The van der Waals surface area contributed by atoms with Crippen LogP contribution in [0.15, 0.2) is 73.1 Å². The highest BCUT2D eigenvalue weighted by molar-refractivity contribution is 6.44. The lowest BCUT2D eigenvalue weighted by Crippen LogP contribution is -2.39. The molecule has 0 unspecified atom stereocenters. The van der Waals surface area contributed by atoms with Crippen molar-refractivity contribution in [1.29, 1.82) is 0 Å². The molecule has 0 saturated carbocycles. The van der Waals surface area contributed by atoms with E-state index in [1.807, 2.05) is 26.0 Å². The van der Waals surface area contributed by atoms with E-state index in [1.54, 1.807) is 43.6 Å². The molecule has 1 aliphatic rings. The second-order valence-corrected chi connectivity index (χ2v) is 8.73. The van der Waals surface area contributed by atoms with E-state index in [4.69, 9.17) is 0 Å². The Morgan fingerprint density at radius 1 is 0.917 bits per heavy atom. The summed E-state index contributed by atoms with van der Waals surface area (Å²) >= 11 is 0. The van der Waals surface area contributed by atoms with Crippen LogP contribution in [-0.2, 0) is 16.1 Å². The van der Waals surface area contributed by atoms with Crippen molar-refractivity contribution in [3.05, 3.63) is 107 Å². The van der Waals surface area contributed by atoms with Gasteiger partial charge in [0, 0.05) is 17.7 Å². The first-order valence-corrected chi connectivity index (χ1v) is 11.4. The van der Waals surface area contributed by atoms with E-state index >= 15 is 0 Å². The van der Waals surface area contributed by atoms with Crippen molar-refractivity contribution in [1.82, 2.24) is 14.7 Å². The molecule has 4 aromatic rings. The van der Waals surface area contributed by atoms with Gasteiger partial charge in [-0.05, 0) is 61.5 Å². The SMILES string of the molecule is Cc1cccc(-n2nc(C)c(C3=C([n+]4ccccc4)C(=O)N(Cc4ccc(F)cc4)C3=O)c2[O-])c1C. The van der Waals surface area contributed by atoms with Gasteiger partial charge in [0.25, 0.3) is 11.6 Å². The second kappa shape index (κ2) is 8.88. The number of pyridine rings is 1. The van der Waals surface area contributed by atoms with Crippen LogP contribution in [0.4, 0.5) is 4.39 Å². The summed E-state index contributed by atoms with van der Waals surface area (Å²) in [5.74, 6) is -2.04. The zero-order valence-corrected chi connectivity index (χ0v) is 20.0. The Balaban J connectivity index is 1.68. The van der Waals surface area contributed by atoms with E-state index in [0.717, 1.165) is 16.0 Å². The molecule has 1 aliphatic heterocycles. The van der Waals surface area contributed by atoms with E-state index in [2.05, 4.69) is 5.10 Å². The highest BCUT2D eigenvalue weighted by atomic mass is 19.1. The minimum absolute atomic E-state index is 0.00244. The predicted molar refractivity (Wildman–Crippen MR) is 129 cm³/mol. The predicted octanol–water partition coefficient (Wildman–Crippen LogP) is 3.24. The van der Waals surface area contributed by atoms with E-state index in [9.17, 15) is 19.1 Å². The first-order chi connectivity index (χ1) is 17.3. The number of aromatic nitrogens is 3. The van der Waals surface area contributed by atoms with Gasteiger partial charge >= 0.3 is 5.91 Å². The number of nitrogens with zero attached hydrogens (tertiary/aromatic N) is 4. The largest absolute Gasteiger partial charge is 0.858 e. The highest BCUT2D eigenvalue weighted by Gasteiger charge is 2.46. The minimum atomic E-state index is -0.601. The van der Waals surface area contributed by atoms with Gasteiger partial charge in [-0.3, -0.25) is 14.5 Å². The lowest BCUT2D eigenvalue weighted by Gasteiger charge is -2.17. The third-order valence-electron chi connectivity index (χ3n) is 6.44. The van der Waals surface area contributed by atoms with Crippen LogP contribution >= 0.6 is 0 Å². The smallest absolute Gasteiger partial charge is 0.327 e. The van der Waals surface area contributed by atoms with Gasteiger partial charge in [-0.25, -0.2) is 9.07 Å². The number of aryl methyl sites for hydroxylation is 2. The molecule has 0 aliphatic carbocycles. The molecule has 36 heavy (non-hydrogen) atoms. The number of amides is 2. The van der Waals surface area contributed by atoms with Gasteiger partial charge in [0.2, 0.25) is 0 Å². The fourth-order valence-corrected chi connectivity index (χ4v) is 4.41. The second-order valence-electron chi connectivity index (χ2n) is 8.73. The monoisotopic (exact) mass is 482 g/mol. The fraction of sp³-hybridized carbons (Fsp3) is 0.143. The Labute approximate surface area is 207 Å². The minimum Gasteiger partial charge on any atom is -0.858 e. The third kappa shape index (κ3) is 3.76. The van der Waals surface area contributed by atoms with Gasteiger partial charge in [-0.15, -0.1) is 0 Å². The molecule has 7 nitrogen and oxygen atoms in total. The number of carbonyl (C=O) groups is 2. The summed E-state index contributed by atoms with van der Waals surface area (Å²) in [6.45, 7) is 5.44. The van der Waals surface area contributed by atoms with Gasteiger partial charge < -0.3 is 5.11 Å². The van der Waals surface area contributed by atoms with Crippen molar-refractivity contribution in [2.75, 3.05) is 0 Å². The van der Waals surface area contributed by atoms with E-state index < -0.39 is 23.5 Å². The average Bonchev–Trinajstić information content (AvgIpc) is 3.29. The van der Waals surface area contributed by atoms with Crippen molar-refractivity contribution >= 4 is 23.1 Å². The number of carbonyl (C=O) groups excluding carboxylic acids is 2. The third-order valence-corrected chi connectivity index (χ3v) is 6.44. The van der Waals surface area contributed by atoms with E-state index in [-0.39, 0.29) is 23.4 Å². The molecule has 2 aromatic heterocycles. The quantitative estimate of drug-likeness (QED) is 0.323. The summed E-state index contributed by atoms with van der Waals surface area (Å²) in [6, 6.07) is 16.4. The molecule has 2 amide bonds. The molecule has 0 atom stereocenters. The lowest BCUT2D eigenvalue weighted by atomic mass is 10.0. The maximum absolute atomic E-state index is 13.7. The van der Waals surface area contributed by atoms with Crippen molar-refractivity contribution in [2.24, 2.45) is 0 Å². The van der Waals surface area contributed by atoms with Gasteiger partial charge in [0.1, 0.15) is 11.4 Å². The highest BCUT2D eigenvalue weighted by Crippen LogP contribution is 2.37. The molecule has 0 radical (unpaired) electrons. The summed E-state index contributed by atoms with van der Waals surface area (Å²) in [5, 5.41) is 18.2. The summed E-state index contributed by atoms with van der Waals surface area (Å²) in [6.07, 6.45) is 3.30. The lowest BCUT2D eigenvalue weighted by molar-refractivity contribution is -0.576. The zero-order valence-electron chi connectivity index (χ0n) is 20.0. The summed E-state index contributed by atoms with van der Waals surface area (Å²) in [7, 11) is 0. The maximum atomic E-state index is 13.7. The number of halogens is 1. The van der Waals surface area contributed by atoms with Crippen LogP contribution < -0.4 is 9.67 Å². The number of hydrogen-bond donors (Lipinski definition) is 0. The molecule has 0 N–H and O–H groups in total. The number of rotatable bonds is 5. The Kier molecular flexibility index (Phi) is 5.72. The van der Waals surface area contributed by atoms with Gasteiger partial charge in [0.15, 0.2) is 12.4 Å². The molecule has 3 heterocycles. The summed E-state index contributed by atoms with van der Waals surface area (Å²) in [4.78, 5) is 28.4. The first-order valence-electron chi connectivity index (χ1n) is 11.4. The normalized spacial score (nSPS) is 13.7. The molecule has 8 heteroatoms. The van der Waals surface area contributed by atoms with Crippen LogP contribution in [0.3, 0.4) is 0 Å². The van der Waals surface area contributed by atoms with Crippen LogP contribution in [0.5, 0.6) is 5.88 Å². The first kappa shape index (κ1) is 23.2.